The predicted molar refractivity (Wildman–Crippen MR) is 47.9 cm³/mol. The van der Waals surface area contributed by atoms with Crippen LogP contribution in [-0.2, 0) is 21.1 Å². The Bertz CT molecular complexity index is 350. The second-order valence-electron chi connectivity index (χ2n) is 2.70. The first-order valence-corrected chi connectivity index (χ1v) is 3.90. The molecule has 0 aliphatic heterocycles. The average Bonchev–Trinajstić information content (AvgIpc) is 1.97. The molecule has 72 valence electrons. The van der Waals surface area contributed by atoms with Crippen LogP contribution in [0.4, 0.5) is 5.82 Å². The maximum absolute atomic E-state index is 11.3. The van der Waals surface area contributed by atoms with Crippen molar-refractivity contribution in [3.8, 4) is 0 Å². The molecule has 0 fully saturated rings. The molecule has 1 rings (SSSR count). The number of nitrogens with one attached hydrogen (secondary N) is 1. The van der Waals surface area contributed by atoms with Crippen molar-refractivity contribution in [1.29, 1.82) is 0 Å². The van der Waals surface area contributed by atoms with E-state index in [9.17, 15) is 4.79 Å². The van der Waals surface area contributed by atoms with Crippen LogP contribution >= 0.6 is 11.6 Å². The first-order valence-electron chi connectivity index (χ1n) is 3.52. The van der Waals surface area contributed by atoms with Gasteiger partial charge in [0.05, 0.1) is 0 Å². The number of rotatable bonds is 1. The molecule has 6 heteroatoms. The molecule has 0 saturated heterocycles. The van der Waals surface area contributed by atoms with Gasteiger partial charge in [-0.2, -0.15) is 0 Å². The summed E-state index contributed by atoms with van der Waals surface area (Å²) in [6.45, 7) is 3.65. The van der Waals surface area contributed by atoms with E-state index < -0.39 is 5.56 Å². The van der Waals surface area contributed by atoms with E-state index in [4.69, 9.17) is 17.3 Å². The molecule has 0 aromatic carbocycles. The van der Waals surface area contributed by atoms with Gasteiger partial charge in [-0.15, -0.1) is 0 Å². The minimum atomic E-state index is -0.447. The van der Waals surface area contributed by atoms with Gasteiger partial charge < -0.3 is 10.7 Å². The minimum Gasteiger partial charge on any atom is -0.478 e. The maximum Gasteiger partial charge on any atom is 0.250 e. The van der Waals surface area contributed by atoms with Crippen LogP contribution in [-0.4, -0.2) is 9.55 Å². The quantitative estimate of drug-likeness (QED) is 0.761. The van der Waals surface area contributed by atoms with Gasteiger partial charge in [-0.3, -0.25) is 9.36 Å². The molecule has 0 radical (unpaired) electrons. The summed E-state index contributed by atoms with van der Waals surface area (Å²) < 4.78 is 1.33. The van der Waals surface area contributed by atoms with Gasteiger partial charge >= 0.3 is 0 Å². The molecular formula is C7H9ClN3OW-. The molecule has 4 nitrogen and oxygen atoms in total. The number of nitrogens with zero attached hydrogens (tertiary/aromatic N) is 2. The molecule has 1 heterocycles. The second kappa shape index (κ2) is 4.77. The molecular weight excluding hydrogens is 361 g/mol. The van der Waals surface area contributed by atoms with Gasteiger partial charge in [0.2, 0.25) is 0 Å². The van der Waals surface area contributed by atoms with E-state index in [0.29, 0.717) is 0 Å². The number of hydrogen-bond donors (Lipinski definition) is 0. The Morgan fingerprint density at radius 3 is 2.54 bits per heavy atom. The molecule has 1 N–H and O–H groups in total. The third kappa shape index (κ3) is 2.55. The van der Waals surface area contributed by atoms with Gasteiger partial charge in [-0.1, -0.05) is 11.6 Å². The molecule has 0 saturated carbocycles. The van der Waals surface area contributed by atoms with Gasteiger partial charge in [0.15, 0.2) is 0 Å². The summed E-state index contributed by atoms with van der Waals surface area (Å²) in [6.07, 6.45) is 1.31. The monoisotopic (exact) mass is 370 g/mol. The Balaban J connectivity index is 0.00000144. The summed E-state index contributed by atoms with van der Waals surface area (Å²) in [5.41, 5.74) is 6.70. The predicted octanol–water partition coefficient (Wildman–Crippen LogP) is 2.16. The van der Waals surface area contributed by atoms with Crippen molar-refractivity contribution in [2.45, 2.75) is 19.9 Å². The van der Waals surface area contributed by atoms with Crippen LogP contribution in [0.2, 0.25) is 5.15 Å². The zero-order valence-electron chi connectivity index (χ0n) is 7.24. The Kier molecular flexibility index (Phi) is 4.65. The molecule has 0 aliphatic carbocycles. The molecule has 0 amide bonds. The van der Waals surface area contributed by atoms with Crippen molar-refractivity contribution in [2.24, 2.45) is 0 Å². The van der Waals surface area contributed by atoms with E-state index in [0.717, 1.165) is 0 Å². The van der Waals surface area contributed by atoms with Gasteiger partial charge in [-0.25, -0.2) is 0 Å². The molecule has 0 spiro atoms. The van der Waals surface area contributed by atoms with Crippen molar-refractivity contribution in [3.63, 3.8) is 0 Å². The Labute approximate surface area is 95.4 Å². The van der Waals surface area contributed by atoms with Crippen molar-refractivity contribution in [1.82, 2.24) is 9.55 Å². The summed E-state index contributed by atoms with van der Waals surface area (Å²) in [6, 6.07) is -0.0444. The van der Waals surface area contributed by atoms with E-state index >= 15 is 0 Å². The molecule has 13 heavy (non-hydrogen) atoms. The molecule has 1 aromatic rings. The first-order chi connectivity index (χ1) is 5.54. The largest absolute Gasteiger partial charge is 0.478 e. The number of halogens is 1. The second-order valence-corrected chi connectivity index (χ2v) is 3.09. The van der Waals surface area contributed by atoms with Crippen LogP contribution in [0.1, 0.15) is 19.9 Å². The van der Waals surface area contributed by atoms with E-state index in [2.05, 4.69) is 4.98 Å². The van der Waals surface area contributed by atoms with E-state index in [-0.39, 0.29) is 38.1 Å². The molecule has 0 atom stereocenters. The fourth-order valence-corrected chi connectivity index (χ4v) is 1.25. The summed E-state index contributed by atoms with van der Waals surface area (Å²) in [7, 11) is 0. The van der Waals surface area contributed by atoms with E-state index in [1.807, 2.05) is 13.8 Å². The van der Waals surface area contributed by atoms with Crippen molar-refractivity contribution in [3.05, 3.63) is 27.4 Å². The standard InChI is InChI=1S/C7H9ClN3O.W/c1-4(2)11-5(8)3-10-6(9)7(11)12;/h3-4H,1-2H3,(H-,9,10);/q-1;. The third-order valence-corrected chi connectivity index (χ3v) is 1.75. The fourth-order valence-electron chi connectivity index (χ4n) is 0.928. The Hall–Kier alpha value is -0.342. The summed E-state index contributed by atoms with van der Waals surface area (Å²) in [4.78, 5) is 14.8. The summed E-state index contributed by atoms with van der Waals surface area (Å²) in [5, 5.41) is 0.269. The third-order valence-electron chi connectivity index (χ3n) is 1.47. The van der Waals surface area contributed by atoms with Crippen LogP contribution < -0.4 is 5.56 Å². The smallest absolute Gasteiger partial charge is 0.250 e. The SMILES string of the molecule is CC(C)n1c(Cl)cnc([NH-])c1=O.[W]. The van der Waals surface area contributed by atoms with Crippen LogP contribution in [0.15, 0.2) is 11.0 Å². The summed E-state index contributed by atoms with van der Waals surface area (Å²) >= 11 is 5.71. The van der Waals surface area contributed by atoms with Gasteiger partial charge in [0, 0.05) is 32.9 Å². The normalized spacial score (nSPS) is 9.85. The van der Waals surface area contributed by atoms with Crippen molar-refractivity contribution < 1.29 is 21.1 Å². The minimum absolute atomic E-state index is 0. The van der Waals surface area contributed by atoms with Crippen LogP contribution in [0, 0.1) is 0 Å². The Morgan fingerprint density at radius 2 is 2.15 bits per heavy atom. The van der Waals surface area contributed by atoms with Gasteiger partial charge in [0.1, 0.15) is 5.15 Å². The van der Waals surface area contributed by atoms with Gasteiger partial charge in [0.25, 0.3) is 5.56 Å². The topological polar surface area (TPSA) is 58.7 Å². The van der Waals surface area contributed by atoms with Crippen LogP contribution in [0.5, 0.6) is 0 Å². The first kappa shape index (κ1) is 12.7. The average molecular weight is 370 g/mol. The fraction of sp³-hybridized carbons (Fsp3) is 0.429. The zero-order chi connectivity index (χ0) is 9.30. The number of aromatic nitrogens is 2. The Morgan fingerprint density at radius 1 is 1.62 bits per heavy atom. The van der Waals surface area contributed by atoms with E-state index in [1.165, 1.54) is 10.8 Å². The van der Waals surface area contributed by atoms with Gasteiger partial charge in [-0.05, 0) is 20.0 Å². The van der Waals surface area contributed by atoms with Crippen molar-refractivity contribution in [2.75, 3.05) is 0 Å². The zero-order valence-corrected chi connectivity index (χ0v) is 10.9. The molecule has 0 unspecified atom stereocenters. The van der Waals surface area contributed by atoms with E-state index in [1.54, 1.807) is 0 Å². The summed E-state index contributed by atoms with van der Waals surface area (Å²) in [5.74, 6) is -0.270. The maximum atomic E-state index is 11.3. The van der Waals surface area contributed by atoms with Crippen molar-refractivity contribution >= 4 is 17.4 Å². The molecule has 0 aliphatic rings. The van der Waals surface area contributed by atoms with Crippen LogP contribution in [0.3, 0.4) is 0 Å². The van der Waals surface area contributed by atoms with Crippen LogP contribution in [0.25, 0.3) is 5.73 Å². The molecule has 0 bridgehead atoms. The number of hydrogen-bond acceptors (Lipinski definition) is 2. The molecule has 1 aromatic heterocycles.